The van der Waals surface area contributed by atoms with Crippen LogP contribution in [0.15, 0.2) is 0 Å². The standard InChI is InChI=1S/C10H22O3S2/c1-2-3-4-5-6-7-8-9-10-13-15(11,12)14/h2-10H2,1H3,(H,11,12,14). The van der Waals surface area contributed by atoms with Gasteiger partial charge in [0.2, 0.25) is 0 Å². The Labute approximate surface area is 98.3 Å². The molecule has 0 saturated heterocycles. The molecule has 0 heterocycles. The van der Waals surface area contributed by atoms with E-state index < -0.39 is 9.05 Å². The van der Waals surface area contributed by atoms with E-state index >= 15 is 0 Å². The van der Waals surface area contributed by atoms with Crippen LogP contribution in [0.5, 0.6) is 0 Å². The van der Waals surface area contributed by atoms with Gasteiger partial charge in [-0.3, -0.25) is 8.74 Å². The monoisotopic (exact) mass is 254 g/mol. The van der Waals surface area contributed by atoms with Crippen LogP contribution in [-0.2, 0) is 24.4 Å². The molecule has 3 nitrogen and oxygen atoms in total. The van der Waals surface area contributed by atoms with E-state index in [0.717, 1.165) is 12.8 Å². The first-order valence-corrected chi connectivity index (χ1v) is 8.04. The highest BCUT2D eigenvalue weighted by Crippen LogP contribution is 2.08. The number of unbranched alkanes of at least 4 members (excludes halogenated alkanes) is 7. The largest absolute Gasteiger partial charge is 0.285 e. The molecule has 0 saturated carbocycles. The van der Waals surface area contributed by atoms with Crippen molar-refractivity contribution < 1.29 is 12.9 Å². The lowest BCUT2D eigenvalue weighted by Gasteiger charge is -2.02. The molecule has 0 bridgehead atoms. The topological polar surface area (TPSA) is 46.5 Å². The molecule has 0 aromatic carbocycles. The van der Waals surface area contributed by atoms with Gasteiger partial charge in [-0.25, -0.2) is 0 Å². The van der Waals surface area contributed by atoms with E-state index in [-0.39, 0.29) is 0 Å². The highest BCUT2D eigenvalue weighted by Gasteiger charge is 1.98. The maximum absolute atomic E-state index is 10.5. The van der Waals surface area contributed by atoms with Crippen molar-refractivity contribution in [3.63, 3.8) is 0 Å². The van der Waals surface area contributed by atoms with Crippen LogP contribution >= 0.6 is 0 Å². The Morgan fingerprint density at radius 1 is 1.07 bits per heavy atom. The van der Waals surface area contributed by atoms with E-state index in [2.05, 4.69) is 22.3 Å². The van der Waals surface area contributed by atoms with Gasteiger partial charge in [0, 0.05) is 11.2 Å². The van der Waals surface area contributed by atoms with Crippen LogP contribution in [-0.4, -0.2) is 15.4 Å². The Hall–Kier alpha value is 0.290. The van der Waals surface area contributed by atoms with Crippen LogP contribution in [0.3, 0.4) is 0 Å². The summed E-state index contributed by atoms with van der Waals surface area (Å²) in [7, 11) is -3.40. The summed E-state index contributed by atoms with van der Waals surface area (Å²) >= 11 is 4.19. The minimum atomic E-state index is -3.40. The van der Waals surface area contributed by atoms with Crippen LogP contribution in [0.2, 0.25) is 0 Å². The van der Waals surface area contributed by atoms with E-state index in [0.29, 0.717) is 6.61 Å². The average Bonchev–Trinajstić information content (AvgIpc) is 2.14. The van der Waals surface area contributed by atoms with Crippen LogP contribution in [0.25, 0.3) is 0 Å². The molecule has 0 amide bonds. The van der Waals surface area contributed by atoms with Crippen molar-refractivity contribution in [2.45, 2.75) is 58.3 Å². The summed E-state index contributed by atoms with van der Waals surface area (Å²) in [4.78, 5) is 0. The quantitative estimate of drug-likeness (QED) is 0.608. The fraction of sp³-hybridized carbons (Fsp3) is 1.00. The molecule has 1 unspecified atom stereocenters. The van der Waals surface area contributed by atoms with Crippen molar-refractivity contribution in [3.8, 4) is 0 Å². The summed E-state index contributed by atoms with van der Waals surface area (Å²) in [6.07, 6.45) is 9.53. The minimum absolute atomic E-state index is 0.299. The molecule has 0 aromatic heterocycles. The highest BCUT2D eigenvalue weighted by molar-refractivity contribution is 8.27. The summed E-state index contributed by atoms with van der Waals surface area (Å²) in [6, 6.07) is 0. The van der Waals surface area contributed by atoms with Crippen molar-refractivity contribution in [1.82, 2.24) is 0 Å². The molecule has 0 rings (SSSR count). The third-order valence-electron chi connectivity index (χ3n) is 2.23. The fourth-order valence-corrected chi connectivity index (χ4v) is 1.93. The fourth-order valence-electron chi connectivity index (χ4n) is 1.40. The number of hydrogen-bond acceptors (Lipinski definition) is 3. The predicted octanol–water partition coefficient (Wildman–Crippen LogP) is 3.28. The van der Waals surface area contributed by atoms with Crippen LogP contribution in [0.4, 0.5) is 0 Å². The van der Waals surface area contributed by atoms with E-state index in [1.807, 2.05) is 0 Å². The van der Waals surface area contributed by atoms with Crippen LogP contribution in [0.1, 0.15) is 58.3 Å². The zero-order chi connectivity index (χ0) is 11.6. The SMILES string of the molecule is CCCCCCCCCCOS(=O)(O)=S. The summed E-state index contributed by atoms with van der Waals surface area (Å²) in [5.74, 6) is 0. The van der Waals surface area contributed by atoms with Crippen molar-refractivity contribution in [2.75, 3.05) is 6.61 Å². The molecule has 1 atom stereocenters. The van der Waals surface area contributed by atoms with Crippen molar-refractivity contribution >= 4 is 20.2 Å². The second-order valence-electron chi connectivity index (χ2n) is 3.72. The van der Waals surface area contributed by atoms with E-state index in [4.69, 9.17) is 4.55 Å². The van der Waals surface area contributed by atoms with Gasteiger partial charge in [0.25, 0.3) is 9.05 Å². The summed E-state index contributed by atoms with van der Waals surface area (Å²) < 4.78 is 23.8. The number of hydrogen-bond donors (Lipinski definition) is 1. The molecule has 1 N–H and O–H groups in total. The molecule has 15 heavy (non-hydrogen) atoms. The third-order valence-corrected chi connectivity index (χ3v) is 2.98. The van der Waals surface area contributed by atoms with Gasteiger partial charge in [-0.05, 0) is 6.42 Å². The van der Waals surface area contributed by atoms with Crippen LogP contribution < -0.4 is 0 Å². The minimum Gasteiger partial charge on any atom is -0.285 e. The zero-order valence-electron chi connectivity index (χ0n) is 9.44. The van der Waals surface area contributed by atoms with Gasteiger partial charge in [0.05, 0.1) is 6.61 Å². The van der Waals surface area contributed by atoms with Crippen molar-refractivity contribution in [3.05, 3.63) is 0 Å². The van der Waals surface area contributed by atoms with Gasteiger partial charge in [-0.1, -0.05) is 51.9 Å². The summed E-state index contributed by atoms with van der Waals surface area (Å²) in [6.45, 7) is 2.51. The van der Waals surface area contributed by atoms with E-state index in [1.54, 1.807) is 0 Å². The first kappa shape index (κ1) is 15.3. The van der Waals surface area contributed by atoms with Gasteiger partial charge < -0.3 is 0 Å². The molecule has 0 radical (unpaired) electrons. The van der Waals surface area contributed by atoms with Gasteiger partial charge in [0.1, 0.15) is 0 Å². The molecule has 92 valence electrons. The second-order valence-corrected chi connectivity index (χ2v) is 6.08. The first-order chi connectivity index (χ1) is 7.06. The molecule has 5 heteroatoms. The first-order valence-electron chi connectivity index (χ1n) is 5.68. The predicted molar refractivity (Wildman–Crippen MR) is 66.7 cm³/mol. The molecule has 0 spiro atoms. The molecule has 0 aliphatic carbocycles. The third kappa shape index (κ3) is 14.3. The molecular formula is C10H22O3S2. The molecular weight excluding hydrogens is 232 g/mol. The van der Waals surface area contributed by atoms with E-state index in [1.165, 1.54) is 38.5 Å². The Bertz CT molecular complexity index is 225. The van der Waals surface area contributed by atoms with Gasteiger partial charge in [-0.15, -0.1) is 0 Å². The van der Waals surface area contributed by atoms with Crippen LogP contribution in [0, 0.1) is 0 Å². The van der Waals surface area contributed by atoms with E-state index in [9.17, 15) is 4.21 Å². The Kier molecular flexibility index (Phi) is 9.70. The Morgan fingerprint density at radius 3 is 2.00 bits per heavy atom. The van der Waals surface area contributed by atoms with Gasteiger partial charge >= 0.3 is 0 Å². The lowest BCUT2D eigenvalue weighted by molar-refractivity contribution is 0.294. The second kappa shape index (κ2) is 9.51. The average molecular weight is 254 g/mol. The van der Waals surface area contributed by atoms with Crippen molar-refractivity contribution in [1.29, 1.82) is 0 Å². The molecule has 0 aromatic rings. The Balaban J connectivity index is 3.06. The molecule has 0 fully saturated rings. The van der Waals surface area contributed by atoms with Crippen molar-refractivity contribution in [2.24, 2.45) is 0 Å². The smallest absolute Gasteiger partial charge is 0.266 e. The maximum Gasteiger partial charge on any atom is 0.266 e. The van der Waals surface area contributed by atoms with Gasteiger partial charge in [-0.2, -0.15) is 4.21 Å². The maximum atomic E-state index is 10.5. The Morgan fingerprint density at radius 2 is 1.53 bits per heavy atom. The summed E-state index contributed by atoms with van der Waals surface area (Å²) in [5.41, 5.74) is 0. The van der Waals surface area contributed by atoms with Gasteiger partial charge in [0.15, 0.2) is 0 Å². The molecule has 0 aliphatic heterocycles. The molecule has 0 aliphatic rings. The normalized spacial score (nSPS) is 15.1. The zero-order valence-corrected chi connectivity index (χ0v) is 11.1. The summed E-state index contributed by atoms with van der Waals surface area (Å²) in [5, 5.41) is 0. The lowest BCUT2D eigenvalue weighted by atomic mass is 10.1. The number of rotatable bonds is 10. The lowest BCUT2D eigenvalue weighted by Crippen LogP contribution is -2.03. The highest BCUT2D eigenvalue weighted by atomic mass is 32.9.